The Morgan fingerprint density at radius 2 is 2.38 bits per heavy atom. The summed E-state index contributed by atoms with van der Waals surface area (Å²) in [7, 11) is 1.39. The molecule has 5 heterocycles. The highest BCUT2D eigenvalue weighted by Gasteiger charge is 2.64. The van der Waals surface area contributed by atoms with E-state index in [1.54, 1.807) is 0 Å². The van der Waals surface area contributed by atoms with E-state index < -0.39 is 0 Å². The molecule has 0 aromatic carbocycles. The zero-order valence-corrected chi connectivity index (χ0v) is 18.0. The molecule has 0 amide bonds. The molecule has 0 N–H and O–H groups in total. The molecule has 0 radical (unpaired) electrons. The molecule has 8 heteroatoms. The highest BCUT2D eigenvalue weighted by atomic mass is 127. The molecule has 140 valence electrons. The number of fused-ring (bicyclic) bond motifs is 2. The molecule has 3 aliphatic heterocycles. The number of anilines is 1. The predicted octanol–water partition coefficient (Wildman–Crippen LogP) is 3.76. The fourth-order valence-electron chi connectivity index (χ4n) is 4.84. The van der Waals surface area contributed by atoms with E-state index in [0.29, 0.717) is 18.4 Å². The van der Waals surface area contributed by atoms with Crippen LogP contribution in [-0.2, 0) is 14.5 Å². The largest absolute Gasteiger partial charge is 0.370 e. The molecule has 2 aromatic rings. The van der Waals surface area contributed by atoms with Gasteiger partial charge in [-0.05, 0) is 43.2 Å². The number of aryl methyl sites for hydroxylation is 1. The highest BCUT2D eigenvalue weighted by molar-refractivity contribution is 14.2. The fourth-order valence-corrected chi connectivity index (χ4v) is 5.48. The number of nitrogens with zero attached hydrogens (tertiary/aromatic N) is 4. The summed E-state index contributed by atoms with van der Waals surface area (Å²) >= 11 is 2.17. The number of halogens is 1. The molecule has 1 aliphatic carbocycles. The van der Waals surface area contributed by atoms with Gasteiger partial charge in [-0.3, -0.25) is 0 Å². The van der Waals surface area contributed by atoms with Gasteiger partial charge in [-0.25, -0.2) is 9.50 Å². The Morgan fingerprint density at radius 1 is 1.50 bits per heavy atom. The first-order chi connectivity index (χ1) is 12.6. The van der Waals surface area contributed by atoms with Crippen molar-refractivity contribution in [3.63, 3.8) is 0 Å². The summed E-state index contributed by atoms with van der Waals surface area (Å²) in [5.74, 6) is 2.52. The molecular weight excluding hydrogens is 463 g/mol. The second-order valence-corrected chi connectivity index (χ2v) is 9.48. The Balaban J connectivity index is 1.49. The smallest absolute Gasteiger partial charge is 0.183 e. The van der Waals surface area contributed by atoms with E-state index in [0.717, 1.165) is 43.5 Å². The van der Waals surface area contributed by atoms with Crippen molar-refractivity contribution in [2.24, 2.45) is 17.8 Å². The van der Waals surface area contributed by atoms with E-state index in [1.165, 1.54) is 26.9 Å². The van der Waals surface area contributed by atoms with Crippen LogP contribution in [0.3, 0.4) is 0 Å². The molecular formula is C18H23IN4O2S. The number of ether oxygens (including phenoxy) is 1. The van der Waals surface area contributed by atoms with Crippen molar-refractivity contribution in [1.29, 1.82) is 0 Å². The first-order valence-corrected chi connectivity index (χ1v) is 12.6. The first kappa shape index (κ1) is 17.5. The van der Waals surface area contributed by atoms with Crippen LogP contribution in [0.2, 0.25) is 0 Å². The van der Waals surface area contributed by atoms with E-state index >= 15 is 0 Å². The number of rotatable bonds is 5. The molecule has 26 heavy (non-hydrogen) atoms. The van der Waals surface area contributed by atoms with E-state index in [-0.39, 0.29) is 5.60 Å². The number of hydrogen-bond donors (Lipinski definition) is 0. The summed E-state index contributed by atoms with van der Waals surface area (Å²) in [6.07, 6.45) is 4.40. The van der Waals surface area contributed by atoms with E-state index in [1.807, 2.05) is 4.52 Å². The van der Waals surface area contributed by atoms with Crippen LogP contribution in [0.4, 0.5) is 5.69 Å². The van der Waals surface area contributed by atoms with Gasteiger partial charge in [0, 0.05) is 40.2 Å². The van der Waals surface area contributed by atoms with Gasteiger partial charge in [-0.15, -0.1) is 5.10 Å². The van der Waals surface area contributed by atoms with Crippen molar-refractivity contribution in [2.45, 2.75) is 32.3 Å². The van der Waals surface area contributed by atoms with Crippen molar-refractivity contribution in [2.75, 3.05) is 31.2 Å². The van der Waals surface area contributed by atoms with E-state index in [9.17, 15) is 0 Å². The van der Waals surface area contributed by atoms with Crippen molar-refractivity contribution in [3.05, 3.63) is 23.7 Å². The Kier molecular flexibility index (Phi) is 4.37. The van der Waals surface area contributed by atoms with Gasteiger partial charge in [0.05, 0.1) is 34.3 Å². The molecule has 3 saturated heterocycles. The standard InChI is InChI=1S/C18H23IN4O2S/c1-11-3-4-22(7-11)14-5-12(2)16-20-17(21-23(16)8-14)18-6-13(9-24-18)15(18)10-25-26-19/h5,8,11,13,15H,3-4,6-7,9-10H2,1-2H3. The maximum Gasteiger partial charge on any atom is 0.183 e. The van der Waals surface area contributed by atoms with Crippen molar-refractivity contribution in [3.8, 4) is 0 Å². The third kappa shape index (κ3) is 2.59. The van der Waals surface area contributed by atoms with Gasteiger partial charge < -0.3 is 13.8 Å². The Hall–Kier alpha value is -0.580. The summed E-state index contributed by atoms with van der Waals surface area (Å²) in [6.45, 7) is 8.18. The minimum absolute atomic E-state index is 0.349. The second-order valence-electron chi connectivity index (χ2n) is 8.04. The molecule has 4 unspecified atom stereocenters. The molecule has 4 aliphatic rings. The van der Waals surface area contributed by atoms with Crippen LogP contribution < -0.4 is 4.90 Å². The lowest BCUT2D eigenvalue weighted by Crippen LogP contribution is -2.47. The summed E-state index contributed by atoms with van der Waals surface area (Å²) in [4.78, 5) is 7.34. The van der Waals surface area contributed by atoms with Crippen LogP contribution in [-0.4, -0.2) is 40.9 Å². The van der Waals surface area contributed by atoms with Gasteiger partial charge in [0.15, 0.2) is 11.5 Å². The lowest BCUT2D eigenvalue weighted by Gasteiger charge is -2.42. The van der Waals surface area contributed by atoms with Gasteiger partial charge in [0.1, 0.15) is 5.60 Å². The zero-order valence-electron chi connectivity index (χ0n) is 15.0. The molecule has 6 rings (SSSR count). The van der Waals surface area contributed by atoms with Crippen LogP contribution in [0.1, 0.15) is 31.2 Å². The lowest BCUT2D eigenvalue weighted by molar-refractivity contribution is -0.0776. The van der Waals surface area contributed by atoms with Crippen molar-refractivity contribution in [1.82, 2.24) is 14.6 Å². The average molecular weight is 486 g/mol. The monoisotopic (exact) mass is 486 g/mol. The van der Waals surface area contributed by atoms with Crippen LogP contribution in [0.5, 0.6) is 0 Å². The van der Waals surface area contributed by atoms with Gasteiger partial charge in [-0.2, -0.15) is 0 Å². The number of hydrogen-bond acceptors (Lipinski definition) is 6. The Morgan fingerprint density at radius 3 is 3.12 bits per heavy atom. The predicted molar refractivity (Wildman–Crippen MR) is 111 cm³/mol. The lowest BCUT2D eigenvalue weighted by atomic mass is 9.64. The minimum atomic E-state index is -0.349. The zero-order chi connectivity index (χ0) is 17.9. The topological polar surface area (TPSA) is 51.9 Å². The molecule has 2 bridgehead atoms. The van der Waals surface area contributed by atoms with Crippen LogP contribution in [0.15, 0.2) is 12.3 Å². The number of aromatic nitrogens is 3. The minimum Gasteiger partial charge on any atom is -0.370 e. The van der Waals surface area contributed by atoms with E-state index in [4.69, 9.17) is 19.0 Å². The molecule has 2 aromatic heterocycles. The Bertz CT molecular complexity index is 842. The third-order valence-electron chi connectivity index (χ3n) is 6.35. The molecule has 0 spiro atoms. The normalized spacial score (nSPS) is 33.2. The SMILES string of the molecule is Cc1cc(N2CCC(C)C2)cn2nc(C34CC(CO3)C4COSI)nc12. The summed E-state index contributed by atoms with van der Waals surface area (Å²) in [5.41, 5.74) is 3.00. The van der Waals surface area contributed by atoms with Gasteiger partial charge in [-0.1, -0.05) is 6.92 Å². The van der Waals surface area contributed by atoms with Gasteiger partial charge in [0.2, 0.25) is 0 Å². The maximum absolute atomic E-state index is 6.18. The van der Waals surface area contributed by atoms with Crippen molar-refractivity contribution >= 4 is 41.8 Å². The molecule has 4 fully saturated rings. The van der Waals surface area contributed by atoms with Gasteiger partial charge >= 0.3 is 0 Å². The summed E-state index contributed by atoms with van der Waals surface area (Å²) in [6, 6.07) is 2.25. The summed E-state index contributed by atoms with van der Waals surface area (Å²) in [5, 5.41) is 4.86. The molecule has 1 saturated carbocycles. The van der Waals surface area contributed by atoms with Crippen LogP contribution in [0.25, 0.3) is 5.65 Å². The molecule has 4 atom stereocenters. The summed E-state index contributed by atoms with van der Waals surface area (Å²) < 4.78 is 13.8. The third-order valence-corrected chi connectivity index (χ3v) is 7.34. The van der Waals surface area contributed by atoms with E-state index in [2.05, 4.69) is 52.2 Å². The van der Waals surface area contributed by atoms with Crippen molar-refractivity contribution < 1.29 is 8.92 Å². The number of pyridine rings is 1. The maximum atomic E-state index is 6.18. The highest BCUT2D eigenvalue weighted by Crippen LogP contribution is 2.59. The first-order valence-electron chi connectivity index (χ1n) is 9.27. The molecule has 6 nitrogen and oxygen atoms in total. The fraction of sp³-hybridized carbons (Fsp3) is 0.667. The van der Waals surface area contributed by atoms with Gasteiger partial charge in [0.25, 0.3) is 0 Å². The second kappa shape index (κ2) is 6.49. The van der Waals surface area contributed by atoms with Crippen LogP contribution >= 0.6 is 30.4 Å². The quantitative estimate of drug-likeness (QED) is 0.474. The Labute approximate surface area is 169 Å². The average Bonchev–Trinajstić information content (AvgIpc) is 3.36. The van der Waals surface area contributed by atoms with Crippen LogP contribution in [0, 0.1) is 24.7 Å².